The standard InChI is InChI=1S/Cl3O3PS/c1-5-7(4,6-2)8-3. The third kappa shape index (κ3) is 2.78. The molecule has 0 heterocycles. The zero-order valence-corrected chi connectivity index (χ0v) is 7.19. The summed E-state index contributed by atoms with van der Waals surface area (Å²) in [5.41, 5.74) is 0. The van der Waals surface area contributed by atoms with E-state index in [0.29, 0.717) is 10.6 Å². The molecular weight excluding hydrogens is 217 g/mol. The van der Waals surface area contributed by atoms with Gasteiger partial charge in [0.2, 0.25) is 0 Å². The molecular formula is Cl3O3PS. The summed E-state index contributed by atoms with van der Waals surface area (Å²) in [6, 6.07) is 0. The van der Waals surface area contributed by atoms with E-state index in [1.165, 1.54) is 0 Å². The van der Waals surface area contributed by atoms with Gasteiger partial charge in [0.15, 0.2) is 0 Å². The molecule has 0 saturated carbocycles. The molecule has 0 saturated heterocycles. The number of hydrogen-bond donors (Lipinski definition) is 0. The second kappa shape index (κ2) is 4.23. The Bertz CT molecular complexity index is 85.7. The van der Waals surface area contributed by atoms with Crippen LogP contribution in [-0.4, -0.2) is 0 Å². The van der Waals surface area contributed by atoms with Crippen molar-refractivity contribution in [2.75, 3.05) is 0 Å². The Morgan fingerprint density at radius 2 is 1.75 bits per heavy atom. The predicted octanol–water partition coefficient (Wildman–Crippen LogP) is 3.32. The van der Waals surface area contributed by atoms with Crippen LogP contribution in [0.15, 0.2) is 0 Å². The molecule has 0 rings (SSSR count). The summed E-state index contributed by atoms with van der Waals surface area (Å²) in [5, 5.41) is 0. The third-order valence-electron chi connectivity index (χ3n) is 0.254. The van der Waals surface area contributed by atoms with Gasteiger partial charge in [-0.05, 0) is 10.7 Å². The van der Waals surface area contributed by atoms with E-state index in [1.807, 2.05) is 0 Å². The highest BCUT2D eigenvalue weighted by Gasteiger charge is 2.24. The largest absolute Gasteiger partial charge is 0.436 e. The van der Waals surface area contributed by atoms with Crippen molar-refractivity contribution in [2.45, 2.75) is 0 Å². The van der Waals surface area contributed by atoms with Gasteiger partial charge in [-0.25, -0.2) is 4.57 Å². The van der Waals surface area contributed by atoms with Crippen molar-refractivity contribution in [3.8, 4) is 0 Å². The first-order valence-electron chi connectivity index (χ1n) is 1.19. The van der Waals surface area contributed by atoms with E-state index in [2.05, 4.69) is 31.9 Å². The predicted molar refractivity (Wildman–Crippen MR) is 34.9 cm³/mol. The first-order chi connectivity index (χ1) is 3.68. The molecule has 8 heavy (non-hydrogen) atoms. The smallest absolute Gasteiger partial charge is 0.243 e. The van der Waals surface area contributed by atoms with Crippen LogP contribution >= 0.6 is 51.8 Å². The molecule has 0 radical (unpaired) electrons. The summed E-state index contributed by atoms with van der Waals surface area (Å²) in [6.07, 6.45) is 0. The van der Waals surface area contributed by atoms with Crippen LogP contribution in [0, 0.1) is 0 Å². The SMILES string of the molecule is O=P(OCl)(OCl)SCl. The molecule has 0 unspecified atom stereocenters. The summed E-state index contributed by atoms with van der Waals surface area (Å²) in [5.74, 6) is 0. The summed E-state index contributed by atoms with van der Waals surface area (Å²) in [7, 11) is 5.24. The topological polar surface area (TPSA) is 35.5 Å². The van der Waals surface area contributed by atoms with E-state index >= 15 is 0 Å². The monoisotopic (exact) mass is 216 g/mol. The van der Waals surface area contributed by atoms with Crippen molar-refractivity contribution in [1.29, 1.82) is 0 Å². The fraction of sp³-hybridized carbons (Fsp3) is 0. The Hall–Kier alpha value is 1.37. The Balaban J connectivity index is 3.79. The summed E-state index contributed by atoms with van der Waals surface area (Å²) >= 11 is 9.26. The maximum atomic E-state index is 10.4. The second-order valence-electron chi connectivity index (χ2n) is 0.654. The highest BCUT2D eigenvalue weighted by atomic mass is 35.7. The number of halogens is 3. The molecule has 0 aliphatic heterocycles. The average molecular weight is 217 g/mol. The van der Waals surface area contributed by atoms with Crippen molar-refractivity contribution in [2.24, 2.45) is 0 Å². The van der Waals surface area contributed by atoms with Crippen LogP contribution in [-0.2, 0) is 12.7 Å². The van der Waals surface area contributed by atoms with Crippen LogP contribution in [0.3, 0.4) is 0 Å². The lowest BCUT2D eigenvalue weighted by atomic mass is 15.8. The van der Waals surface area contributed by atoms with Crippen LogP contribution in [0.2, 0.25) is 0 Å². The zero-order valence-electron chi connectivity index (χ0n) is 3.21. The Morgan fingerprint density at radius 1 is 1.38 bits per heavy atom. The molecule has 0 aromatic heterocycles. The molecule has 0 amide bonds. The lowest BCUT2D eigenvalue weighted by Crippen LogP contribution is -1.67. The molecule has 50 valence electrons. The van der Waals surface area contributed by atoms with Crippen LogP contribution in [0.1, 0.15) is 0 Å². The highest BCUT2D eigenvalue weighted by molar-refractivity contribution is 8.66. The van der Waals surface area contributed by atoms with Gasteiger partial charge < -0.3 is 0 Å². The molecule has 3 nitrogen and oxygen atoms in total. The molecule has 8 heteroatoms. The summed E-state index contributed by atoms with van der Waals surface area (Å²) in [4.78, 5) is 0. The second-order valence-corrected chi connectivity index (χ2v) is 5.79. The first kappa shape index (κ1) is 9.37. The van der Waals surface area contributed by atoms with Crippen LogP contribution in [0.5, 0.6) is 0 Å². The minimum Gasteiger partial charge on any atom is -0.243 e. The van der Waals surface area contributed by atoms with E-state index in [4.69, 9.17) is 10.7 Å². The third-order valence-corrected chi connectivity index (χ3v) is 4.82. The summed E-state index contributed by atoms with van der Waals surface area (Å²) < 4.78 is 17.9. The Kier molecular flexibility index (Phi) is 4.95. The molecule has 0 fully saturated rings. The molecule has 0 atom stereocenters. The Labute approximate surface area is 64.7 Å². The van der Waals surface area contributed by atoms with Gasteiger partial charge in [-0.1, -0.05) is 0 Å². The van der Waals surface area contributed by atoms with Gasteiger partial charge in [-0.15, -0.1) is 0 Å². The number of rotatable bonds is 3. The molecule has 0 aliphatic carbocycles. The van der Waals surface area contributed by atoms with Crippen molar-refractivity contribution in [3.63, 3.8) is 0 Å². The van der Waals surface area contributed by atoms with Crippen LogP contribution in [0.25, 0.3) is 0 Å². The minimum absolute atomic E-state index is 0.292. The van der Waals surface area contributed by atoms with Gasteiger partial charge in [0, 0.05) is 0 Å². The van der Waals surface area contributed by atoms with Gasteiger partial charge in [-0.2, -0.15) is 8.15 Å². The molecule has 0 aromatic rings. The lowest BCUT2D eigenvalue weighted by Gasteiger charge is -2.00. The van der Waals surface area contributed by atoms with E-state index in [1.54, 1.807) is 0 Å². The van der Waals surface area contributed by atoms with Gasteiger partial charge >= 0.3 is 6.80 Å². The van der Waals surface area contributed by atoms with E-state index < -0.39 is 6.80 Å². The van der Waals surface area contributed by atoms with E-state index in [0.717, 1.165) is 0 Å². The van der Waals surface area contributed by atoms with Gasteiger partial charge in [0.25, 0.3) is 0 Å². The minimum atomic E-state index is -3.45. The average Bonchev–Trinajstić information content (AvgIpc) is 1.87. The molecule has 0 N–H and O–H groups in total. The van der Waals surface area contributed by atoms with Crippen molar-refractivity contribution < 1.29 is 12.7 Å². The molecule has 0 aliphatic rings. The molecule has 0 spiro atoms. The molecule has 0 aromatic carbocycles. The zero-order chi connectivity index (χ0) is 6.62. The fourth-order valence-corrected chi connectivity index (χ4v) is 2.01. The molecule has 0 bridgehead atoms. The maximum absolute atomic E-state index is 10.4. The van der Waals surface area contributed by atoms with E-state index in [-0.39, 0.29) is 0 Å². The highest BCUT2D eigenvalue weighted by Crippen LogP contribution is 2.64. The quantitative estimate of drug-likeness (QED) is 0.679. The van der Waals surface area contributed by atoms with Crippen molar-refractivity contribution in [1.82, 2.24) is 0 Å². The van der Waals surface area contributed by atoms with Crippen LogP contribution in [0.4, 0.5) is 0 Å². The van der Waals surface area contributed by atoms with Crippen molar-refractivity contribution in [3.05, 3.63) is 0 Å². The normalized spacial score (nSPS) is 11.9. The first-order valence-corrected chi connectivity index (χ1v) is 5.60. The van der Waals surface area contributed by atoms with Gasteiger partial charge in [-0.3, -0.25) is 0 Å². The lowest BCUT2D eigenvalue weighted by molar-refractivity contribution is 0.440. The van der Waals surface area contributed by atoms with Gasteiger partial charge in [0.1, 0.15) is 0 Å². The van der Waals surface area contributed by atoms with Crippen molar-refractivity contribution >= 4 is 51.8 Å². The van der Waals surface area contributed by atoms with E-state index in [9.17, 15) is 4.57 Å². The maximum Gasteiger partial charge on any atom is 0.436 e. The van der Waals surface area contributed by atoms with Crippen LogP contribution < -0.4 is 0 Å². The Morgan fingerprint density at radius 3 is 1.75 bits per heavy atom. The number of hydrogen-bond acceptors (Lipinski definition) is 4. The van der Waals surface area contributed by atoms with Gasteiger partial charge in [0.05, 0.1) is 34.3 Å². The fourth-order valence-electron chi connectivity index (χ4n) is 0.0319. The summed E-state index contributed by atoms with van der Waals surface area (Å²) in [6.45, 7) is -3.45.